The van der Waals surface area contributed by atoms with Crippen molar-refractivity contribution in [3.05, 3.63) is 35.4 Å². The smallest absolute Gasteiger partial charge is 0.244 e. The number of hydrogen-bond donors (Lipinski definition) is 1. The van der Waals surface area contributed by atoms with Crippen LogP contribution in [0.2, 0.25) is 0 Å². The minimum atomic E-state index is -0.150. The molecule has 1 amide bonds. The molecule has 20 heavy (non-hydrogen) atoms. The van der Waals surface area contributed by atoms with Crippen molar-refractivity contribution >= 4 is 5.91 Å². The van der Waals surface area contributed by atoms with E-state index in [1.54, 1.807) is 0 Å². The highest BCUT2D eigenvalue weighted by Crippen LogP contribution is 2.29. The molecule has 108 valence electrons. The molecule has 0 aliphatic carbocycles. The number of benzene rings is 1. The minimum absolute atomic E-state index is 0.150. The van der Waals surface area contributed by atoms with Crippen molar-refractivity contribution in [2.45, 2.75) is 57.7 Å². The molecule has 1 saturated heterocycles. The SMILES string of the molecule is CC1CCCC(C)N1C(=O)C1NCCc2ccccc21. The fraction of sp³-hybridized carbons (Fsp3) is 0.588. The fourth-order valence-corrected chi connectivity index (χ4v) is 3.73. The summed E-state index contributed by atoms with van der Waals surface area (Å²) in [6, 6.07) is 8.93. The molecule has 1 N–H and O–H groups in total. The van der Waals surface area contributed by atoms with Gasteiger partial charge in [0.1, 0.15) is 6.04 Å². The van der Waals surface area contributed by atoms with Gasteiger partial charge in [0.15, 0.2) is 0 Å². The molecular weight excluding hydrogens is 248 g/mol. The van der Waals surface area contributed by atoms with Crippen molar-refractivity contribution in [3.63, 3.8) is 0 Å². The predicted molar refractivity (Wildman–Crippen MR) is 80.5 cm³/mol. The Balaban J connectivity index is 1.88. The Kier molecular flexibility index (Phi) is 3.79. The number of nitrogens with zero attached hydrogens (tertiary/aromatic N) is 1. The Bertz CT molecular complexity index is 490. The summed E-state index contributed by atoms with van der Waals surface area (Å²) in [5.74, 6) is 0.261. The van der Waals surface area contributed by atoms with Gasteiger partial charge in [-0.1, -0.05) is 24.3 Å². The van der Waals surface area contributed by atoms with Crippen LogP contribution in [0.15, 0.2) is 24.3 Å². The van der Waals surface area contributed by atoms with Gasteiger partial charge in [-0.15, -0.1) is 0 Å². The van der Waals surface area contributed by atoms with Gasteiger partial charge >= 0.3 is 0 Å². The molecule has 0 saturated carbocycles. The molecule has 1 fully saturated rings. The molecule has 1 aromatic carbocycles. The third kappa shape index (κ3) is 2.35. The monoisotopic (exact) mass is 272 g/mol. The number of carbonyl (C=O) groups excluding carboxylic acids is 1. The van der Waals surface area contributed by atoms with E-state index in [4.69, 9.17) is 0 Å². The Morgan fingerprint density at radius 2 is 1.90 bits per heavy atom. The lowest BCUT2D eigenvalue weighted by Gasteiger charge is -2.42. The van der Waals surface area contributed by atoms with Gasteiger partial charge in [0.25, 0.3) is 0 Å². The van der Waals surface area contributed by atoms with Gasteiger partial charge in [-0.05, 0) is 50.7 Å². The third-order valence-electron chi connectivity index (χ3n) is 4.80. The molecule has 2 heterocycles. The zero-order valence-electron chi connectivity index (χ0n) is 12.4. The third-order valence-corrected chi connectivity index (χ3v) is 4.80. The topological polar surface area (TPSA) is 32.3 Å². The number of likely N-dealkylation sites (tertiary alicyclic amines) is 1. The van der Waals surface area contributed by atoms with Crippen LogP contribution in [-0.2, 0) is 11.2 Å². The predicted octanol–water partition coefficient (Wildman–Crippen LogP) is 2.66. The van der Waals surface area contributed by atoms with Crippen LogP contribution in [0.3, 0.4) is 0 Å². The molecule has 0 radical (unpaired) electrons. The second-order valence-corrected chi connectivity index (χ2v) is 6.21. The Labute approximate surface area is 121 Å². The van der Waals surface area contributed by atoms with Gasteiger partial charge in [-0.2, -0.15) is 0 Å². The summed E-state index contributed by atoms with van der Waals surface area (Å²) in [6.07, 6.45) is 4.51. The summed E-state index contributed by atoms with van der Waals surface area (Å²) < 4.78 is 0. The first-order valence-electron chi connectivity index (χ1n) is 7.82. The summed E-state index contributed by atoms with van der Waals surface area (Å²) in [4.78, 5) is 15.1. The van der Waals surface area contributed by atoms with Crippen LogP contribution >= 0.6 is 0 Å². The molecule has 3 atom stereocenters. The lowest BCUT2D eigenvalue weighted by Crippen LogP contribution is -2.52. The molecule has 0 bridgehead atoms. The Morgan fingerprint density at radius 3 is 2.65 bits per heavy atom. The standard InChI is InChI=1S/C17H24N2O/c1-12-6-5-7-13(2)19(12)17(20)16-15-9-4-3-8-14(15)10-11-18-16/h3-4,8-9,12-13,16,18H,5-7,10-11H2,1-2H3. The first-order chi connectivity index (χ1) is 9.68. The first-order valence-corrected chi connectivity index (χ1v) is 7.82. The Morgan fingerprint density at radius 1 is 1.20 bits per heavy atom. The quantitative estimate of drug-likeness (QED) is 0.852. The Hall–Kier alpha value is -1.35. The summed E-state index contributed by atoms with van der Waals surface area (Å²) in [6.45, 7) is 5.26. The van der Waals surface area contributed by atoms with Crippen LogP contribution in [0.5, 0.6) is 0 Å². The minimum Gasteiger partial charge on any atom is -0.336 e. The highest BCUT2D eigenvalue weighted by Gasteiger charge is 2.35. The molecule has 3 heteroatoms. The van der Waals surface area contributed by atoms with Crippen LogP contribution in [-0.4, -0.2) is 29.4 Å². The first kappa shape index (κ1) is 13.6. The van der Waals surface area contributed by atoms with E-state index in [9.17, 15) is 4.79 Å². The molecule has 3 unspecified atom stereocenters. The number of piperidine rings is 1. The van der Waals surface area contributed by atoms with Crippen molar-refractivity contribution < 1.29 is 4.79 Å². The molecule has 1 aromatic rings. The van der Waals surface area contributed by atoms with E-state index < -0.39 is 0 Å². The van der Waals surface area contributed by atoms with E-state index in [1.807, 2.05) is 6.07 Å². The van der Waals surface area contributed by atoms with E-state index in [1.165, 1.54) is 17.5 Å². The zero-order valence-corrected chi connectivity index (χ0v) is 12.4. The number of rotatable bonds is 1. The second-order valence-electron chi connectivity index (χ2n) is 6.21. The van der Waals surface area contributed by atoms with Gasteiger partial charge in [0, 0.05) is 18.6 Å². The van der Waals surface area contributed by atoms with Crippen molar-refractivity contribution in [2.24, 2.45) is 0 Å². The molecule has 3 nitrogen and oxygen atoms in total. The van der Waals surface area contributed by atoms with E-state index in [2.05, 4.69) is 42.3 Å². The summed E-state index contributed by atoms with van der Waals surface area (Å²) in [7, 11) is 0. The van der Waals surface area contributed by atoms with Crippen molar-refractivity contribution in [2.75, 3.05) is 6.54 Å². The van der Waals surface area contributed by atoms with Crippen LogP contribution in [0.25, 0.3) is 0 Å². The molecule has 0 spiro atoms. The molecule has 0 aromatic heterocycles. The van der Waals surface area contributed by atoms with Crippen LogP contribution in [0.4, 0.5) is 0 Å². The van der Waals surface area contributed by atoms with Gasteiger partial charge < -0.3 is 10.2 Å². The van der Waals surface area contributed by atoms with E-state index in [0.717, 1.165) is 25.8 Å². The van der Waals surface area contributed by atoms with Gasteiger partial charge in [0.2, 0.25) is 5.91 Å². The van der Waals surface area contributed by atoms with E-state index >= 15 is 0 Å². The average molecular weight is 272 g/mol. The number of carbonyl (C=O) groups is 1. The van der Waals surface area contributed by atoms with Gasteiger partial charge in [-0.3, -0.25) is 4.79 Å². The fourth-order valence-electron chi connectivity index (χ4n) is 3.73. The van der Waals surface area contributed by atoms with Crippen LogP contribution in [0.1, 0.15) is 50.3 Å². The summed E-state index contributed by atoms with van der Waals surface area (Å²) in [5, 5.41) is 3.42. The largest absolute Gasteiger partial charge is 0.336 e. The van der Waals surface area contributed by atoms with Crippen LogP contribution in [0, 0.1) is 0 Å². The number of nitrogens with one attached hydrogen (secondary N) is 1. The normalized spacial score (nSPS) is 29.9. The summed E-state index contributed by atoms with van der Waals surface area (Å²) >= 11 is 0. The molecule has 2 aliphatic heterocycles. The van der Waals surface area contributed by atoms with E-state index in [0.29, 0.717) is 12.1 Å². The van der Waals surface area contributed by atoms with Crippen molar-refractivity contribution in [1.29, 1.82) is 0 Å². The van der Waals surface area contributed by atoms with Crippen molar-refractivity contribution in [1.82, 2.24) is 10.2 Å². The molecule has 2 aliphatic rings. The highest BCUT2D eigenvalue weighted by atomic mass is 16.2. The number of amides is 1. The average Bonchev–Trinajstić information content (AvgIpc) is 2.46. The maximum Gasteiger partial charge on any atom is 0.244 e. The van der Waals surface area contributed by atoms with Crippen LogP contribution < -0.4 is 5.32 Å². The molecule has 3 rings (SSSR count). The van der Waals surface area contributed by atoms with Crippen molar-refractivity contribution in [3.8, 4) is 0 Å². The number of fused-ring (bicyclic) bond motifs is 1. The lowest BCUT2D eigenvalue weighted by atomic mass is 9.91. The highest BCUT2D eigenvalue weighted by molar-refractivity contribution is 5.84. The summed E-state index contributed by atoms with van der Waals surface area (Å²) in [5.41, 5.74) is 2.50. The zero-order chi connectivity index (χ0) is 14.1. The number of hydrogen-bond acceptors (Lipinski definition) is 2. The maximum atomic E-state index is 13.0. The lowest BCUT2D eigenvalue weighted by molar-refractivity contribution is -0.140. The second kappa shape index (κ2) is 5.57. The van der Waals surface area contributed by atoms with Gasteiger partial charge in [-0.25, -0.2) is 0 Å². The van der Waals surface area contributed by atoms with E-state index in [-0.39, 0.29) is 11.9 Å². The van der Waals surface area contributed by atoms with Gasteiger partial charge in [0.05, 0.1) is 0 Å². The maximum absolute atomic E-state index is 13.0. The molecular formula is C17H24N2O.